The minimum Gasteiger partial charge on any atom is -0.371 e. The number of hydrogen-bond donors (Lipinski definition) is 0. The van der Waals surface area contributed by atoms with Gasteiger partial charge in [0.15, 0.2) is 5.52 Å². The number of rotatable bonds is 4. The highest BCUT2D eigenvalue weighted by Gasteiger charge is 2.27. The normalized spacial score (nSPS) is 14.8. The lowest BCUT2D eigenvalue weighted by Crippen LogP contribution is -2.33. The molecular weight excluding hydrogens is 396 g/mol. The Kier molecular flexibility index (Phi) is 4.78. The van der Waals surface area contributed by atoms with E-state index in [0.717, 1.165) is 42.7 Å². The van der Waals surface area contributed by atoms with E-state index in [2.05, 4.69) is 25.0 Å². The molecule has 0 unspecified atom stereocenters. The molecule has 0 radical (unpaired) electrons. The van der Waals surface area contributed by atoms with Crippen molar-refractivity contribution < 1.29 is 9.45 Å². The van der Waals surface area contributed by atoms with Crippen LogP contribution in [0.1, 0.15) is 30.3 Å². The van der Waals surface area contributed by atoms with Gasteiger partial charge in [-0.2, -0.15) is 4.98 Å². The molecule has 4 heterocycles. The number of nitro groups is 1. The van der Waals surface area contributed by atoms with Crippen molar-refractivity contribution in [3.63, 3.8) is 0 Å². The molecule has 0 atom stereocenters. The first kappa shape index (κ1) is 19.1. The summed E-state index contributed by atoms with van der Waals surface area (Å²) in [6, 6.07) is 12.7. The van der Waals surface area contributed by atoms with Gasteiger partial charge in [-0.1, -0.05) is 23.4 Å². The largest absolute Gasteiger partial charge is 0.371 e. The zero-order valence-corrected chi connectivity index (χ0v) is 16.9. The summed E-state index contributed by atoms with van der Waals surface area (Å²) >= 11 is 0. The maximum absolute atomic E-state index is 11.4. The quantitative estimate of drug-likeness (QED) is 0.358. The molecule has 31 heavy (non-hydrogen) atoms. The van der Waals surface area contributed by atoms with Gasteiger partial charge < -0.3 is 9.42 Å². The second-order valence-electron chi connectivity index (χ2n) is 7.65. The van der Waals surface area contributed by atoms with E-state index < -0.39 is 0 Å². The van der Waals surface area contributed by atoms with E-state index in [4.69, 9.17) is 4.52 Å². The van der Waals surface area contributed by atoms with Crippen LogP contribution in [0.25, 0.3) is 22.4 Å². The van der Waals surface area contributed by atoms with Gasteiger partial charge in [-0.15, -0.1) is 0 Å². The first-order valence-corrected chi connectivity index (χ1v) is 10.1. The third kappa shape index (κ3) is 3.58. The highest BCUT2D eigenvalue weighted by molar-refractivity contribution is 5.97. The monoisotopic (exact) mass is 416 g/mol. The molecule has 5 rings (SSSR count). The topological polar surface area (TPSA) is 111 Å². The number of aryl methyl sites for hydroxylation is 1. The molecule has 1 saturated heterocycles. The highest BCUT2D eigenvalue weighted by atomic mass is 16.6. The van der Waals surface area contributed by atoms with Gasteiger partial charge in [0, 0.05) is 48.0 Å². The Bertz CT molecular complexity index is 1250. The van der Waals surface area contributed by atoms with Gasteiger partial charge in [-0.05, 0) is 38.0 Å². The molecule has 1 aromatic carbocycles. The van der Waals surface area contributed by atoms with Gasteiger partial charge in [-0.25, -0.2) is 4.98 Å². The average Bonchev–Trinajstić information content (AvgIpc) is 3.29. The summed E-state index contributed by atoms with van der Waals surface area (Å²) in [5.74, 6) is 1.30. The lowest BCUT2D eigenvalue weighted by molar-refractivity contribution is -0.383. The van der Waals surface area contributed by atoms with Crippen LogP contribution in [-0.4, -0.2) is 38.1 Å². The number of nitro benzene ring substituents is 1. The molecule has 3 aromatic heterocycles. The number of anilines is 1. The SMILES string of the molecule is Cc1cc(N2CCC(c3nc(-c4ccccn4)no3)CC2)c2cccc([N+](=O)[O-])c2n1. The van der Waals surface area contributed by atoms with Crippen molar-refractivity contribution in [3.8, 4) is 11.5 Å². The van der Waals surface area contributed by atoms with Gasteiger partial charge in [-0.3, -0.25) is 15.1 Å². The van der Waals surface area contributed by atoms with Gasteiger partial charge in [0.25, 0.3) is 5.69 Å². The van der Waals surface area contributed by atoms with Crippen LogP contribution in [0.4, 0.5) is 11.4 Å². The van der Waals surface area contributed by atoms with Crippen molar-refractivity contribution in [2.24, 2.45) is 0 Å². The lowest BCUT2D eigenvalue weighted by atomic mass is 9.96. The molecule has 0 N–H and O–H groups in total. The van der Waals surface area contributed by atoms with E-state index in [0.29, 0.717) is 22.9 Å². The minimum absolute atomic E-state index is 0.0326. The number of benzene rings is 1. The van der Waals surface area contributed by atoms with Crippen LogP contribution in [0.2, 0.25) is 0 Å². The molecular formula is C22H20N6O3. The third-order valence-corrected chi connectivity index (χ3v) is 5.64. The van der Waals surface area contributed by atoms with Crippen molar-refractivity contribution in [1.82, 2.24) is 20.1 Å². The van der Waals surface area contributed by atoms with E-state index in [-0.39, 0.29) is 16.5 Å². The van der Waals surface area contributed by atoms with Crippen LogP contribution in [-0.2, 0) is 0 Å². The first-order chi connectivity index (χ1) is 15.1. The molecule has 156 valence electrons. The molecule has 1 fully saturated rings. The summed E-state index contributed by atoms with van der Waals surface area (Å²) in [7, 11) is 0. The number of piperidine rings is 1. The number of aromatic nitrogens is 4. The van der Waals surface area contributed by atoms with E-state index in [1.165, 1.54) is 6.07 Å². The highest BCUT2D eigenvalue weighted by Crippen LogP contribution is 2.36. The van der Waals surface area contributed by atoms with E-state index in [1.807, 2.05) is 37.3 Å². The fourth-order valence-corrected chi connectivity index (χ4v) is 4.12. The van der Waals surface area contributed by atoms with Crippen molar-refractivity contribution >= 4 is 22.3 Å². The van der Waals surface area contributed by atoms with Crippen LogP contribution < -0.4 is 4.90 Å². The Labute approximate surface area is 177 Å². The fraction of sp³-hybridized carbons (Fsp3) is 0.273. The van der Waals surface area contributed by atoms with E-state index in [1.54, 1.807) is 12.3 Å². The van der Waals surface area contributed by atoms with Gasteiger partial charge in [0.1, 0.15) is 5.69 Å². The average molecular weight is 416 g/mol. The summed E-state index contributed by atoms with van der Waals surface area (Å²) in [6.07, 6.45) is 3.40. The summed E-state index contributed by atoms with van der Waals surface area (Å²) in [6.45, 7) is 3.43. The lowest BCUT2D eigenvalue weighted by Gasteiger charge is -2.33. The molecule has 0 spiro atoms. The van der Waals surface area contributed by atoms with Crippen molar-refractivity contribution in [2.45, 2.75) is 25.7 Å². The zero-order valence-electron chi connectivity index (χ0n) is 16.9. The van der Waals surface area contributed by atoms with E-state index in [9.17, 15) is 10.1 Å². The summed E-state index contributed by atoms with van der Waals surface area (Å²) in [5, 5.41) is 16.3. The second kappa shape index (κ2) is 7.75. The number of fused-ring (bicyclic) bond motifs is 1. The van der Waals surface area contributed by atoms with Gasteiger partial charge in [0.05, 0.1) is 4.92 Å². The Morgan fingerprint density at radius 3 is 2.71 bits per heavy atom. The molecule has 0 amide bonds. The molecule has 9 nitrogen and oxygen atoms in total. The second-order valence-corrected chi connectivity index (χ2v) is 7.65. The standard InChI is InChI=1S/C22H20N6O3/c1-14-13-19(16-5-4-7-18(28(29)30)20(16)24-14)27-11-8-15(9-12-27)22-25-21(26-31-22)17-6-2-3-10-23-17/h2-7,10,13,15H,8-9,11-12H2,1H3. The number of para-hydroxylation sites is 1. The number of pyridine rings is 2. The van der Waals surface area contributed by atoms with Gasteiger partial charge in [0.2, 0.25) is 11.7 Å². The zero-order chi connectivity index (χ0) is 21.4. The van der Waals surface area contributed by atoms with Crippen LogP contribution >= 0.6 is 0 Å². The first-order valence-electron chi connectivity index (χ1n) is 10.1. The number of non-ortho nitro benzene ring substituents is 1. The summed E-state index contributed by atoms with van der Waals surface area (Å²) in [4.78, 5) is 26.6. The van der Waals surface area contributed by atoms with Crippen molar-refractivity contribution in [3.05, 3.63) is 70.4 Å². The Balaban J connectivity index is 1.38. The molecule has 4 aromatic rings. The van der Waals surface area contributed by atoms with Crippen LogP contribution in [0.5, 0.6) is 0 Å². The molecule has 0 bridgehead atoms. The minimum atomic E-state index is -0.375. The third-order valence-electron chi connectivity index (χ3n) is 5.64. The maximum Gasteiger partial charge on any atom is 0.295 e. The van der Waals surface area contributed by atoms with E-state index >= 15 is 0 Å². The molecule has 1 aliphatic rings. The van der Waals surface area contributed by atoms with Crippen molar-refractivity contribution in [1.29, 1.82) is 0 Å². The fourth-order valence-electron chi connectivity index (χ4n) is 4.12. The Hall–Kier alpha value is -3.88. The number of nitrogens with zero attached hydrogens (tertiary/aromatic N) is 6. The van der Waals surface area contributed by atoms with Crippen LogP contribution in [0.3, 0.4) is 0 Å². The van der Waals surface area contributed by atoms with Crippen LogP contribution in [0, 0.1) is 17.0 Å². The summed E-state index contributed by atoms with van der Waals surface area (Å²) in [5.41, 5.74) is 2.89. The number of hydrogen-bond acceptors (Lipinski definition) is 8. The predicted octanol–water partition coefficient (Wildman–Crippen LogP) is 4.28. The molecule has 0 saturated carbocycles. The predicted molar refractivity (Wildman–Crippen MR) is 115 cm³/mol. The van der Waals surface area contributed by atoms with Crippen molar-refractivity contribution in [2.75, 3.05) is 18.0 Å². The molecule has 1 aliphatic heterocycles. The molecule has 0 aliphatic carbocycles. The Morgan fingerprint density at radius 1 is 1.13 bits per heavy atom. The Morgan fingerprint density at radius 2 is 1.97 bits per heavy atom. The maximum atomic E-state index is 11.4. The molecule has 9 heteroatoms. The smallest absolute Gasteiger partial charge is 0.295 e. The van der Waals surface area contributed by atoms with Gasteiger partial charge >= 0.3 is 0 Å². The summed E-state index contributed by atoms with van der Waals surface area (Å²) < 4.78 is 5.53. The van der Waals surface area contributed by atoms with Crippen LogP contribution in [0.15, 0.2) is 53.2 Å².